The van der Waals surface area contributed by atoms with E-state index in [0.29, 0.717) is 6.54 Å². The Kier molecular flexibility index (Phi) is 4.14. The number of sulfonamides is 1. The number of hydrogen-bond acceptors (Lipinski definition) is 5. The summed E-state index contributed by atoms with van der Waals surface area (Å²) in [5, 5.41) is 6.19. The first-order valence-electron chi connectivity index (χ1n) is 6.08. The van der Waals surface area contributed by atoms with Crippen LogP contribution in [0.1, 0.15) is 16.1 Å². The van der Waals surface area contributed by atoms with E-state index in [-0.39, 0.29) is 10.9 Å². The van der Waals surface area contributed by atoms with Gasteiger partial charge < -0.3 is 9.32 Å². The number of H-pyrrole nitrogens is 1. The number of nitrogens with zero attached hydrogens (tertiary/aromatic N) is 3. The average Bonchev–Trinajstić information content (AvgIpc) is 3.08. The van der Waals surface area contributed by atoms with Crippen LogP contribution in [0.2, 0.25) is 0 Å². The summed E-state index contributed by atoms with van der Waals surface area (Å²) < 4.78 is 30.0. The van der Waals surface area contributed by atoms with Crippen molar-refractivity contribution in [3.63, 3.8) is 0 Å². The highest BCUT2D eigenvalue weighted by molar-refractivity contribution is 7.88. The minimum Gasteiger partial charge on any atom is -0.438 e. The Morgan fingerprint density at radius 3 is 2.62 bits per heavy atom. The number of carbonyl (C=O) groups is 1. The molecule has 0 aromatic carbocycles. The first kappa shape index (κ1) is 15.3. The summed E-state index contributed by atoms with van der Waals surface area (Å²) >= 11 is 0. The van der Waals surface area contributed by atoms with Crippen LogP contribution in [0.25, 0.3) is 0 Å². The number of rotatable bonds is 5. The van der Waals surface area contributed by atoms with Gasteiger partial charge in [0.15, 0.2) is 5.76 Å². The lowest BCUT2D eigenvalue weighted by Gasteiger charge is -2.14. The molecule has 0 bridgehead atoms. The molecule has 0 unspecified atom stereocenters. The number of nitrogens with one attached hydrogen (secondary N) is 1. The van der Waals surface area contributed by atoms with Gasteiger partial charge >= 0.3 is 0 Å². The van der Waals surface area contributed by atoms with Gasteiger partial charge in [0.2, 0.25) is 5.09 Å². The summed E-state index contributed by atoms with van der Waals surface area (Å²) in [5.74, 6) is -0.433. The Labute approximate surface area is 122 Å². The van der Waals surface area contributed by atoms with Crippen LogP contribution in [0.15, 0.2) is 34.0 Å². The fraction of sp³-hybridized carbons (Fsp3) is 0.333. The van der Waals surface area contributed by atoms with Crippen LogP contribution >= 0.6 is 0 Å². The number of hydrogen-bond donors (Lipinski definition) is 1. The molecule has 2 aromatic heterocycles. The van der Waals surface area contributed by atoms with Gasteiger partial charge in [-0.15, -0.1) is 0 Å². The van der Waals surface area contributed by atoms with Crippen molar-refractivity contribution < 1.29 is 17.6 Å². The highest BCUT2D eigenvalue weighted by Gasteiger charge is 2.24. The van der Waals surface area contributed by atoms with Crippen molar-refractivity contribution in [3.05, 3.63) is 35.9 Å². The summed E-state index contributed by atoms with van der Waals surface area (Å²) in [5.41, 5.74) is 0.832. The molecule has 1 amide bonds. The summed E-state index contributed by atoms with van der Waals surface area (Å²) in [7, 11) is 0.697. The molecule has 2 rings (SSSR count). The van der Waals surface area contributed by atoms with Crippen molar-refractivity contribution in [1.82, 2.24) is 19.4 Å². The number of carbonyl (C=O) groups excluding carboxylic acids is 1. The molecule has 0 radical (unpaired) electrons. The minimum atomic E-state index is -3.68. The van der Waals surface area contributed by atoms with E-state index in [2.05, 4.69) is 10.2 Å². The molecule has 2 heterocycles. The molecule has 0 atom stereocenters. The lowest BCUT2D eigenvalue weighted by molar-refractivity contribution is 0.0747. The minimum absolute atomic E-state index is 0.0265. The molecule has 0 saturated heterocycles. The quantitative estimate of drug-likeness (QED) is 0.868. The zero-order valence-electron chi connectivity index (χ0n) is 11.9. The van der Waals surface area contributed by atoms with Gasteiger partial charge in [-0.3, -0.25) is 9.89 Å². The Balaban J connectivity index is 2.16. The van der Waals surface area contributed by atoms with Crippen LogP contribution in [0.3, 0.4) is 0 Å². The second kappa shape index (κ2) is 5.70. The largest absolute Gasteiger partial charge is 0.438 e. The Morgan fingerprint density at radius 2 is 2.05 bits per heavy atom. The van der Waals surface area contributed by atoms with Crippen molar-refractivity contribution in [1.29, 1.82) is 0 Å². The fourth-order valence-electron chi connectivity index (χ4n) is 1.65. The molecular formula is C12H16N4O4S. The van der Waals surface area contributed by atoms with Crippen LogP contribution in [-0.4, -0.2) is 54.9 Å². The van der Waals surface area contributed by atoms with Gasteiger partial charge in [-0.1, -0.05) is 0 Å². The first-order valence-corrected chi connectivity index (χ1v) is 7.52. The molecule has 9 heteroatoms. The molecule has 0 fully saturated rings. The van der Waals surface area contributed by atoms with E-state index in [1.807, 2.05) is 0 Å². The van der Waals surface area contributed by atoms with Gasteiger partial charge in [0.05, 0.1) is 6.20 Å². The summed E-state index contributed by atoms with van der Waals surface area (Å²) in [6.07, 6.45) is 3.28. The first-order chi connectivity index (χ1) is 9.82. The SMILES string of the molecule is CN(Cc1cn[nH]c1)C(=O)c1ccc(S(=O)(=O)N(C)C)o1. The van der Waals surface area contributed by atoms with Crippen LogP contribution in [-0.2, 0) is 16.6 Å². The van der Waals surface area contributed by atoms with Crippen LogP contribution in [0.5, 0.6) is 0 Å². The van der Waals surface area contributed by atoms with Crippen molar-refractivity contribution in [2.75, 3.05) is 21.1 Å². The van der Waals surface area contributed by atoms with Gasteiger partial charge in [0, 0.05) is 39.4 Å². The van der Waals surface area contributed by atoms with Gasteiger partial charge in [0.25, 0.3) is 15.9 Å². The number of amides is 1. The van der Waals surface area contributed by atoms with E-state index in [0.717, 1.165) is 9.87 Å². The lowest BCUT2D eigenvalue weighted by atomic mass is 10.3. The molecule has 0 spiro atoms. The van der Waals surface area contributed by atoms with Gasteiger partial charge in [-0.25, -0.2) is 12.7 Å². The number of aromatic amines is 1. The molecule has 1 N–H and O–H groups in total. The molecule has 0 aliphatic heterocycles. The number of furan rings is 1. The van der Waals surface area contributed by atoms with Gasteiger partial charge in [0.1, 0.15) is 0 Å². The normalized spacial score (nSPS) is 11.8. The van der Waals surface area contributed by atoms with E-state index in [4.69, 9.17) is 4.42 Å². The maximum absolute atomic E-state index is 12.2. The second-order valence-corrected chi connectivity index (χ2v) is 6.76. The molecule has 0 saturated carbocycles. The zero-order valence-corrected chi connectivity index (χ0v) is 12.7. The lowest BCUT2D eigenvalue weighted by Crippen LogP contribution is -2.25. The summed E-state index contributed by atoms with van der Waals surface area (Å²) in [4.78, 5) is 13.6. The molecule has 21 heavy (non-hydrogen) atoms. The van der Waals surface area contributed by atoms with Gasteiger partial charge in [-0.2, -0.15) is 5.10 Å². The monoisotopic (exact) mass is 312 g/mol. The van der Waals surface area contributed by atoms with E-state index >= 15 is 0 Å². The number of aromatic nitrogens is 2. The predicted molar refractivity (Wildman–Crippen MR) is 74.0 cm³/mol. The van der Waals surface area contributed by atoms with E-state index in [1.165, 1.54) is 31.1 Å². The van der Waals surface area contributed by atoms with Gasteiger partial charge in [-0.05, 0) is 12.1 Å². The zero-order chi connectivity index (χ0) is 15.6. The molecule has 8 nitrogen and oxygen atoms in total. The van der Waals surface area contributed by atoms with E-state index < -0.39 is 15.9 Å². The Hall–Kier alpha value is -2.13. The third kappa shape index (κ3) is 3.14. The molecule has 0 aliphatic rings. The molecule has 2 aromatic rings. The van der Waals surface area contributed by atoms with Crippen molar-refractivity contribution in [2.45, 2.75) is 11.6 Å². The maximum atomic E-state index is 12.2. The highest BCUT2D eigenvalue weighted by atomic mass is 32.2. The summed E-state index contributed by atoms with van der Waals surface area (Å²) in [6, 6.07) is 2.62. The van der Waals surface area contributed by atoms with Crippen molar-refractivity contribution in [2.24, 2.45) is 0 Å². The smallest absolute Gasteiger partial charge is 0.289 e. The second-order valence-electron chi connectivity index (χ2n) is 4.67. The molecular weight excluding hydrogens is 296 g/mol. The fourth-order valence-corrected chi connectivity index (χ4v) is 2.45. The standard InChI is InChI=1S/C12H16N4O4S/c1-15(2)21(18,19)11-5-4-10(20-11)12(17)16(3)8-9-6-13-14-7-9/h4-7H,8H2,1-3H3,(H,13,14). The third-order valence-corrected chi connectivity index (χ3v) is 4.54. The summed E-state index contributed by atoms with van der Waals surface area (Å²) in [6.45, 7) is 0.339. The highest BCUT2D eigenvalue weighted by Crippen LogP contribution is 2.18. The third-order valence-electron chi connectivity index (χ3n) is 2.85. The maximum Gasteiger partial charge on any atom is 0.289 e. The van der Waals surface area contributed by atoms with Crippen molar-refractivity contribution in [3.8, 4) is 0 Å². The predicted octanol–water partition coefficient (Wildman–Crippen LogP) is 0.525. The Morgan fingerprint density at radius 1 is 1.33 bits per heavy atom. The van der Waals surface area contributed by atoms with Crippen LogP contribution in [0, 0.1) is 0 Å². The Bertz CT molecular complexity index is 718. The molecule has 0 aliphatic carbocycles. The van der Waals surface area contributed by atoms with Crippen molar-refractivity contribution >= 4 is 15.9 Å². The van der Waals surface area contributed by atoms with Crippen LogP contribution < -0.4 is 0 Å². The van der Waals surface area contributed by atoms with E-state index in [9.17, 15) is 13.2 Å². The average molecular weight is 312 g/mol. The van der Waals surface area contributed by atoms with Crippen LogP contribution in [0.4, 0.5) is 0 Å². The topological polar surface area (TPSA) is 99.5 Å². The molecule has 114 valence electrons. The van der Waals surface area contributed by atoms with E-state index in [1.54, 1.807) is 19.4 Å².